The second-order valence-electron chi connectivity index (χ2n) is 3.51. The van der Waals surface area contributed by atoms with E-state index in [4.69, 9.17) is 10.8 Å². The van der Waals surface area contributed by atoms with Crippen molar-refractivity contribution in [3.05, 3.63) is 0 Å². The molecule has 12 heavy (non-hydrogen) atoms. The molecule has 1 fully saturated rings. The molecule has 0 aromatic carbocycles. The molecule has 0 aromatic rings. The van der Waals surface area contributed by atoms with Crippen molar-refractivity contribution in [2.24, 2.45) is 11.7 Å². The molecule has 1 aliphatic rings. The molecule has 70 valence electrons. The second kappa shape index (κ2) is 3.87. The molecular weight excluding hydrogens is 158 g/mol. The van der Waals surface area contributed by atoms with Gasteiger partial charge < -0.3 is 15.9 Å². The van der Waals surface area contributed by atoms with Gasteiger partial charge in [-0.2, -0.15) is 0 Å². The van der Waals surface area contributed by atoms with E-state index in [1.807, 2.05) is 0 Å². The fraction of sp³-hybridized carbons (Fsp3) is 0.875. The summed E-state index contributed by atoms with van der Waals surface area (Å²) < 4.78 is 0. The topological polar surface area (TPSA) is 83.6 Å². The maximum atomic E-state index is 10.4. The SMILES string of the molecule is NC1CC(CC(=O)O)CCC1O. The lowest BCUT2D eigenvalue weighted by Gasteiger charge is -2.29. The fourth-order valence-electron chi connectivity index (χ4n) is 1.71. The summed E-state index contributed by atoms with van der Waals surface area (Å²) in [5.74, 6) is -0.621. The monoisotopic (exact) mass is 173 g/mol. The third-order valence-electron chi connectivity index (χ3n) is 2.43. The molecule has 0 saturated heterocycles. The molecule has 4 heteroatoms. The second-order valence-corrected chi connectivity index (χ2v) is 3.51. The van der Waals surface area contributed by atoms with Crippen LogP contribution < -0.4 is 5.73 Å². The molecule has 4 nitrogen and oxygen atoms in total. The number of nitrogens with two attached hydrogens (primary N) is 1. The number of hydrogen-bond donors (Lipinski definition) is 3. The lowest BCUT2D eigenvalue weighted by Crippen LogP contribution is -2.40. The molecule has 4 N–H and O–H groups in total. The van der Waals surface area contributed by atoms with Crippen molar-refractivity contribution in [3.63, 3.8) is 0 Å². The van der Waals surface area contributed by atoms with Crippen molar-refractivity contribution in [2.75, 3.05) is 0 Å². The Morgan fingerprint density at radius 2 is 2.17 bits per heavy atom. The first-order chi connectivity index (χ1) is 5.59. The van der Waals surface area contributed by atoms with E-state index in [0.29, 0.717) is 12.8 Å². The number of aliphatic hydroxyl groups is 1. The first-order valence-electron chi connectivity index (χ1n) is 4.25. The van der Waals surface area contributed by atoms with Crippen LogP contribution in [0.5, 0.6) is 0 Å². The number of carboxylic acid groups (broad SMARTS) is 1. The Labute approximate surface area is 71.4 Å². The van der Waals surface area contributed by atoms with E-state index in [9.17, 15) is 9.90 Å². The molecule has 0 spiro atoms. The van der Waals surface area contributed by atoms with E-state index < -0.39 is 12.1 Å². The van der Waals surface area contributed by atoms with Gasteiger partial charge in [0.2, 0.25) is 0 Å². The number of aliphatic hydroxyl groups excluding tert-OH is 1. The predicted molar refractivity (Wildman–Crippen MR) is 43.6 cm³/mol. The lowest BCUT2D eigenvalue weighted by atomic mass is 9.82. The number of carbonyl (C=O) groups is 1. The van der Waals surface area contributed by atoms with Gasteiger partial charge in [-0.1, -0.05) is 0 Å². The van der Waals surface area contributed by atoms with E-state index in [1.54, 1.807) is 0 Å². The van der Waals surface area contributed by atoms with Crippen LogP contribution >= 0.6 is 0 Å². The van der Waals surface area contributed by atoms with Crippen LogP contribution in [0.25, 0.3) is 0 Å². The highest BCUT2D eigenvalue weighted by Gasteiger charge is 2.27. The summed E-state index contributed by atoms with van der Waals surface area (Å²) in [5, 5.41) is 17.8. The standard InChI is InChI=1S/C8H15NO3/c9-6-3-5(4-8(11)12)1-2-7(6)10/h5-7,10H,1-4,9H2,(H,11,12). The average Bonchev–Trinajstić information content (AvgIpc) is 1.96. The molecule has 0 radical (unpaired) electrons. The zero-order chi connectivity index (χ0) is 9.14. The van der Waals surface area contributed by atoms with Gasteiger partial charge in [-0.3, -0.25) is 4.79 Å². The van der Waals surface area contributed by atoms with Crippen molar-refractivity contribution in [1.29, 1.82) is 0 Å². The van der Waals surface area contributed by atoms with Crippen LogP contribution in [0.15, 0.2) is 0 Å². The van der Waals surface area contributed by atoms with Gasteiger partial charge in [0, 0.05) is 12.5 Å². The quantitative estimate of drug-likeness (QED) is 0.546. The average molecular weight is 173 g/mol. The summed E-state index contributed by atoms with van der Waals surface area (Å²) >= 11 is 0. The highest BCUT2D eigenvalue weighted by atomic mass is 16.4. The van der Waals surface area contributed by atoms with Gasteiger partial charge in [0.05, 0.1) is 6.10 Å². The van der Waals surface area contributed by atoms with Crippen LogP contribution in [0.3, 0.4) is 0 Å². The van der Waals surface area contributed by atoms with Crippen molar-refractivity contribution in [1.82, 2.24) is 0 Å². The summed E-state index contributed by atoms with van der Waals surface area (Å²) in [6.07, 6.45) is 1.80. The molecular formula is C8H15NO3. The van der Waals surface area contributed by atoms with Crippen LogP contribution in [0, 0.1) is 5.92 Å². The minimum absolute atomic E-state index is 0.154. The first-order valence-corrected chi connectivity index (χ1v) is 4.25. The summed E-state index contributed by atoms with van der Waals surface area (Å²) in [7, 11) is 0. The predicted octanol–water partition coefficient (Wildman–Crippen LogP) is -0.0506. The van der Waals surface area contributed by atoms with Crippen LogP contribution in [-0.4, -0.2) is 28.3 Å². The zero-order valence-electron chi connectivity index (χ0n) is 6.94. The molecule has 3 atom stereocenters. The smallest absolute Gasteiger partial charge is 0.303 e. The van der Waals surface area contributed by atoms with Crippen LogP contribution in [-0.2, 0) is 4.79 Å². The van der Waals surface area contributed by atoms with Crippen molar-refractivity contribution >= 4 is 5.97 Å². The van der Waals surface area contributed by atoms with Gasteiger partial charge in [0.15, 0.2) is 0 Å². The number of carboxylic acids is 1. The summed E-state index contributed by atoms with van der Waals surface area (Å²) in [5.41, 5.74) is 5.60. The third-order valence-corrected chi connectivity index (χ3v) is 2.43. The van der Waals surface area contributed by atoms with Crippen molar-refractivity contribution in [2.45, 2.75) is 37.8 Å². The summed E-state index contributed by atoms with van der Waals surface area (Å²) in [6.45, 7) is 0. The van der Waals surface area contributed by atoms with Gasteiger partial charge in [0.25, 0.3) is 0 Å². The van der Waals surface area contributed by atoms with Crippen LogP contribution in [0.2, 0.25) is 0 Å². The highest BCUT2D eigenvalue weighted by molar-refractivity contribution is 5.67. The maximum absolute atomic E-state index is 10.4. The maximum Gasteiger partial charge on any atom is 0.303 e. The van der Waals surface area contributed by atoms with Gasteiger partial charge in [-0.05, 0) is 25.2 Å². The van der Waals surface area contributed by atoms with E-state index >= 15 is 0 Å². The zero-order valence-corrected chi connectivity index (χ0v) is 6.94. The fourth-order valence-corrected chi connectivity index (χ4v) is 1.71. The molecule has 0 bridgehead atoms. The third kappa shape index (κ3) is 2.46. The Balaban J connectivity index is 2.35. The number of hydrogen-bond acceptors (Lipinski definition) is 3. The van der Waals surface area contributed by atoms with Gasteiger partial charge in [0.1, 0.15) is 0 Å². The first kappa shape index (κ1) is 9.48. The molecule has 0 aliphatic heterocycles. The van der Waals surface area contributed by atoms with E-state index in [2.05, 4.69) is 0 Å². The van der Waals surface area contributed by atoms with Crippen LogP contribution in [0.4, 0.5) is 0 Å². The van der Waals surface area contributed by atoms with E-state index in [-0.39, 0.29) is 18.4 Å². The Bertz CT molecular complexity index is 172. The summed E-state index contributed by atoms with van der Waals surface area (Å²) in [4.78, 5) is 10.4. The lowest BCUT2D eigenvalue weighted by molar-refractivity contribution is -0.138. The molecule has 1 saturated carbocycles. The normalized spacial score (nSPS) is 36.3. The molecule has 0 aromatic heterocycles. The molecule has 0 amide bonds. The Morgan fingerprint density at radius 1 is 1.50 bits per heavy atom. The molecule has 3 unspecified atom stereocenters. The highest BCUT2D eigenvalue weighted by Crippen LogP contribution is 2.25. The molecule has 1 rings (SSSR count). The molecule has 0 heterocycles. The molecule has 1 aliphatic carbocycles. The largest absolute Gasteiger partial charge is 0.481 e. The minimum atomic E-state index is -0.774. The van der Waals surface area contributed by atoms with E-state index in [0.717, 1.165) is 6.42 Å². The minimum Gasteiger partial charge on any atom is -0.481 e. The van der Waals surface area contributed by atoms with Gasteiger partial charge in [-0.15, -0.1) is 0 Å². The Kier molecular flexibility index (Phi) is 3.05. The Hall–Kier alpha value is -0.610. The number of rotatable bonds is 2. The van der Waals surface area contributed by atoms with Gasteiger partial charge in [-0.25, -0.2) is 0 Å². The van der Waals surface area contributed by atoms with Crippen molar-refractivity contribution < 1.29 is 15.0 Å². The summed E-state index contributed by atoms with van der Waals surface area (Å²) in [6, 6.07) is -0.233. The number of aliphatic carboxylic acids is 1. The van der Waals surface area contributed by atoms with Crippen LogP contribution in [0.1, 0.15) is 25.7 Å². The van der Waals surface area contributed by atoms with E-state index in [1.165, 1.54) is 0 Å². The Morgan fingerprint density at radius 3 is 2.67 bits per heavy atom. The van der Waals surface area contributed by atoms with Gasteiger partial charge >= 0.3 is 5.97 Å². The van der Waals surface area contributed by atoms with Crippen molar-refractivity contribution in [3.8, 4) is 0 Å².